The van der Waals surface area contributed by atoms with Crippen LogP contribution in [0.3, 0.4) is 0 Å². The first-order valence-corrected chi connectivity index (χ1v) is 6.06. The van der Waals surface area contributed by atoms with Crippen molar-refractivity contribution < 1.29 is 9.90 Å². The van der Waals surface area contributed by atoms with Crippen LogP contribution in [0, 0.1) is 0 Å². The highest BCUT2D eigenvalue weighted by atomic mass is 16.3. The number of hydrogen-bond donors (Lipinski definition) is 1. The number of hydrogen-bond acceptors (Lipinski definition) is 3. The summed E-state index contributed by atoms with van der Waals surface area (Å²) >= 11 is 0. The standard InChI is InChI=1S/C14H15NO2/c16-9-13(5-6-13)11-1-3-12(4-2-11)14(7-8-14)15-10-17/h1-4,16H,5-9H2. The zero-order valence-corrected chi connectivity index (χ0v) is 9.65. The first-order valence-electron chi connectivity index (χ1n) is 6.06. The molecule has 3 heteroatoms. The molecule has 0 saturated heterocycles. The maximum absolute atomic E-state index is 10.4. The van der Waals surface area contributed by atoms with E-state index in [2.05, 4.69) is 17.1 Å². The topological polar surface area (TPSA) is 49.7 Å². The van der Waals surface area contributed by atoms with E-state index < -0.39 is 0 Å². The molecule has 1 aromatic carbocycles. The average molecular weight is 229 g/mol. The van der Waals surface area contributed by atoms with Crippen molar-refractivity contribution in [3.05, 3.63) is 35.4 Å². The SMILES string of the molecule is O=C=NC1(c2ccc(C3(CO)CC3)cc2)CC1. The summed E-state index contributed by atoms with van der Waals surface area (Å²) < 4.78 is 0. The molecular weight excluding hydrogens is 214 g/mol. The largest absolute Gasteiger partial charge is 0.395 e. The summed E-state index contributed by atoms with van der Waals surface area (Å²) in [5.41, 5.74) is 2.03. The van der Waals surface area contributed by atoms with Crippen molar-refractivity contribution in [3.8, 4) is 0 Å². The highest BCUT2D eigenvalue weighted by Gasteiger charge is 2.46. The maximum atomic E-state index is 10.4. The van der Waals surface area contributed by atoms with Gasteiger partial charge < -0.3 is 5.11 Å². The second kappa shape index (κ2) is 3.52. The normalized spacial score (nSPS) is 22.6. The molecule has 0 aromatic heterocycles. The number of isocyanates is 1. The number of aliphatic imine (C=N–C) groups is 1. The van der Waals surface area contributed by atoms with Crippen molar-refractivity contribution in [1.82, 2.24) is 0 Å². The van der Waals surface area contributed by atoms with Gasteiger partial charge in [-0.2, -0.15) is 4.99 Å². The lowest BCUT2D eigenvalue weighted by molar-refractivity contribution is 0.255. The molecular formula is C14H15NO2. The minimum absolute atomic E-state index is 0.0170. The Labute approximate surface area is 100 Å². The summed E-state index contributed by atoms with van der Waals surface area (Å²) in [4.78, 5) is 14.3. The van der Waals surface area contributed by atoms with Gasteiger partial charge in [0.05, 0.1) is 12.1 Å². The quantitative estimate of drug-likeness (QED) is 0.634. The van der Waals surface area contributed by atoms with E-state index in [1.54, 1.807) is 6.08 Å². The molecule has 3 rings (SSSR count). The van der Waals surface area contributed by atoms with Crippen LogP contribution in [0.2, 0.25) is 0 Å². The van der Waals surface area contributed by atoms with Crippen LogP contribution in [0.15, 0.2) is 29.3 Å². The highest BCUT2D eigenvalue weighted by molar-refractivity contribution is 5.43. The Morgan fingerprint density at radius 3 is 2.12 bits per heavy atom. The second-order valence-electron chi connectivity index (χ2n) is 5.25. The summed E-state index contributed by atoms with van der Waals surface area (Å²) in [7, 11) is 0. The fraction of sp³-hybridized carbons (Fsp3) is 0.500. The molecule has 0 aliphatic heterocycles. The van der Waals surface area contributed by atoms with Gasteiger partial charge in [0.15, 0.2) is 0 Å². The molecule has 0 unspecified atom stereocenters. The van der Waals surface area contributed by atoms with E-state index in [4.69, 9.17) is 0 Å². The Bertz CT molecular complexity index is 477. The minimum Gasteiger partial charge on any atom is -0.395 e. The molecule has 2 aliphatic carbocycles. The van der Waals surface area contributed by atoms with Gasteiger partial charge >= 0.3 is 0 Å². The molecule has 1 aromatic rings. The van der Waals surface area contributed by atoms with E-state index in [0.717, 1.165) is 31.2 Å². The molecule has 0 atom stereocenters. The molecule has 0 heterocycles. The van der Waals surface area contributed by atoms with E-state index in [9.17, 15) is 9.90 Å². The van der Waals surface area contributed by atoms with Gasteiger partial charge in [-0.15, -0.1) is 0 Å². The predicted octanol–water partition coefficient (Wildman–Crippen LogP) is 2.04. The van der Waals surface area contributed by atoms with Gasteiger partial charge in [-0.25, -0.2) is 4.79 Å². The lowest BCUT2D eigenvalue weighted by Crippen LogP contribution is -2.12. The average Bonchev–Trinajstić information content (AvgIpc) is 3.26. The summed E-state index contributed by atoms with van der Waals surface area (Å²) in [6, 6.07) is 8.22. The third-order valence-corrected chi connectivity index (χ3v) is 4.17. The second-order valence-corrected chi connectivity index (χ2v) is 5.25. The minimum atomic E-state index is -0.282. The van der Waals surface area contributed by atoms with Crippen LogP contribution < -0.4 is 0 Å². The number of aliphatic hydroxyl groups excluding tert-OH is 1. The van der Waals surface area contributed by atoms with Gasteiger partial charge in [-0.3, -0.25) is 0 Å². The smallest absolute Gasteiger partial charge is 0.235 e. The predicted molar refractivity (Wildman–Crippen MR) is 63.5 cm³/mol. The van der Waals surface area contributed by atoms with Crippen LogP contribution in [0.1, 0.15) is 36.8 Å². The van der Waals surface area contributed by atoms with E-state index in [-0.39, 0.29) is 17.6 Å². The number of carbonyl (C=O) groups excluding carboxylic acids is 1. The van der Waals surface area contributed by atoms with Crippen molar-refractivity contribution in [3.63, 3.8) is 0 Å². The van der Waals surface area contributed by atoms with Crippen molar-refractivity contribution in [1.29, 1.82) is 0 Å². The zero-order valence-electron chi connectivity index (χ0n) is 9.65. The number of rotatable bonds is 4. The summed E-state index contributed by atoms with van der Waals surface area (Å²) in [5.74, 6) is 0. The van der Waals surface area contributed by atoms with Gasteiger partial charge in [-0.05, 0) is 36.8 Å². The molecule has 2 fully saturated rings. The van der Waals surface area contributed by atoms with Gasteiger partial charge in [0.2, 0.25) is 6.08 Å². The molecule has 3 nitrogen and oxygen atoms in total. The molecule has 17 heavy (non-hydrogen) atoms. The van der Waals surface area contributed by atoms with Gasteiger partial charge in [0, 0.05) is 5.41 Å². The molecule has 0 amide bonds. The summed E-state index contributed by atoms with van der Waals surface area (Å²) in [6.45, 7) is 0.226. The van der Waals surface area contributed by atoms with Crippen LogP contribution in [-0.2, 0) is 15.7 Å². The fourth-order valence-electron chi connectivity index (χ4n) is 2.49. The first-order chi connectivity index (χ1) is 8.25. The van der Waals surface area contributed by atoms with E-state index in [1.165, 1.54) is 5.56 Å². The molecule has 2 aliphatic rings. The molecule has 0 bridgehead atoms. The first kappa shape index (κ1) is 10.7. The molecule has 0 spiro atoms. The van der Waals surface area contributed by atoms with Crippen LogP contribution in [0.5, 0.6) is 0 Å². The van der Waals surface area contributed by atoms with Crippen molar-refractivity contribution in [2.45, 2.75) is 36.6 Å². The summed E-state index contributed by atoms with van der Waals surface area (Å²) in [6.07, 6.45) is 5.69. The third kappa shape index (κ3) is 1.63. The monoisotopic (exact) mass is 229 g/mol. The van der Waals surface area contributed by atoms with Crippen LogP contribution >= 0.6 is 0 Å². The Balaban J connectivity index is 1.88. The zero-order chi connectivity index (χ0) is 11.9. The number of aliphatic hydroxyl groups is 1. The van der Waals surface area contributed by atoms with Crippen LogP contribution in [0.25, 0.3) is 0 Å². The Morgan fingerprint density at radius 1 is 1.12 bits per heavy atom. The lowest BCUT2D eigenvalue weighted by atomic mass is 9.94. The third-order valence-electron chi connectivity index (χ3n) is 4.17. The Morgan fingerprint density at radius 2 is 1.71 bits per heavy atom. The van der Waals surface area contributed by atoms with Gasteiger partial charge in [0.1, 0.15) is 0 Å². The molecule has 0 radical (unpaired) electrons. The van der Waals surface area contributed by atoms with Crippen molar-refractivity contribution in [2.24, 2.45) is 4.99 Å². The Hall–Kier alpha value is -1.44. The van der Waals surface area contributed by atoms with E-state index >= 15 is 0 Å². The van der Waals surface area contributed by atoms with Gasteiger partial charge in [-0.1, -0.05) is 24.3 Å². The van der Waals surface area contributed by atoms with E-state index in [0.29, 0.717) is 0 Å². The van der Waals surface area contributed by atoms with Crippen molar-refractivity contribution >= 4 is 6.08 Å². The maximum Gasteiger partial charge on any atom is 0.235 e. The molecule has 1 N–H and O–H groups in total. The number of benzene rings is 1. The highest BCUT2D eigenvalue weighted by Crippen LogP contribution is 2.51. The van der Waals surface area contributed by atoms with Crippen LogP contribution in [-0.4, -0.2) is 17.8 Å². The lowest BCUT2D eigenvalue weighted by Gasteiger charge is -2.14. The summed E-state index contributed by atoms with van der Waals surface area (Å²) in [5, 5.41) is 9.37. The van der Waals surface area contributed by atoms with E-state index in [1.807, 2.05) is 12.1 Å². The van der Waals surface area contributed by atoms with Gasteiger partial charge in [0.25, 0.3) is 0 Å². The Kier molecular flexibility index (Phi) is 2.22. The van der Waals surface area contributed by atoms with Crippen LogP contribution in [0.4, 0.5) is 0 Å². The molecule has 2 saturated carbocycles. The van der Waals surface area contributed by atoms with Crippen molar-refractivity contribution in [2.75, 3.05) is 6.61 Å². The molecule has 88 valence electrons. The fourth-order valence-corrected chi connectivity index (χ4v) is 2.49. The number of nitrogens with zero attached hydrogens (tertiary/aromatic N) is 1.